The minimum absolute atomic E-state index is 0.0177. The first kappa shape index (κ1) is 39.1. The van der Waals surface area contributed by atoms with E-state index in [1.165, 1.54) is 37.3 Å². The van der Waals surface area contributed by atoms with E-state index < -0.39 is 127 Å². The maximum absolute atomic E-state index is 14.1. The lowest BCUT2D eigenvalue weighted by molar-refractivity contribution is -0.268. The number of hydrogen-bond acceptors (Lipinski definition) is 18. The summed E-state index contributed by atoms with van der Waals surface area (Å²) in [5, 5.41) is 123. The molecule has 12 N–H and O–H groups in total. The summed E-state index contributed by atoms with van der Waals surface area (Å²) >= 11 is 0. The van der Waals surface area contributed by atoms with E-state index in [0.717, 1.165) is 6.07 Å². The van der Waals surface area contributed by atoms with Crippen LogP contribution < -0.4 is 19.6 Å². The van der Waals surface area contributed by atoms with Gasteiger partial charge in [-0.1, -0.05) is 0 Å². The van der Waals surface area contributed by atoms with Crippen LogP contribution in [-0.2, 0) is 4.74 Å². The molecule has 2 aliphatic carbocycles. The van der Waals surface area contributed by atoms with E-state index in [-0.39, 0.29) is 41.2 Å². The zero-order valence-electron chi connectivity index (χ0n) is 28.3. The summed E-state index contributed by atoms with van der Waals surface area (Å²) in [4.78, 5) is 14.1. The van der Waals surface area contributed by atoms with Crippen LogP contribution in [0.1, 0.15) is 19.8 Å². The summed E-state index contributed by atoms with van der Waals surface area (Å²) in [7, 11) is 0. The van der Waals surface area contributed by atoms with E-state index in [1.807, 2.05) is 0 Å². The maximum Gasteiger partial charge on any atom is 0.239 e. The quantitative estimate of drug-likeness (QED) is 0.104. The van der Waals surface area contributed by atoms with Crippen molar-refractivity contribution in [3.8, 4) is 34.3 Å². The van der Waals surface area contributed by atoms with Gasteiger partial charge in [0.25, 0.3) is 0 Å². The van der Waals surface area contributed by atoms with Crippen molar-refractivity contribution in [3.63, 3.8) is 0 Å². The van der Waals surface area contributed by atoms with E-state index in [9.17, 15) is 66.1 Å². The number of hydrogen-bond donors (Lipinski definition) is 12. The molecule has 0 unspecified atom stereocenters. The first-order chi connectivity index (χ1) is 25.1. The minimum atomic E-state index is -1.83. The molecule has 2 saturated carbocycles. The number of aliphatic hydroxyl groups is 11. The highest BCUT2D eigenvalue weighted by atomic mass is 16.7. The summed E-state index contributed by atoms with van der Waals surface area (Å²) in [5.74, 6) is -3.06. The van der Waals surface area contributed by atoms with Crippen molar-refractivity contribution in [2.45, 2.75) is 99.3 Å². The van der Waals surface area contributed by atoms with Crippen molar-refractivity contribution < 1.29 is 84.6 Å². The molecule has 1 aliphatic heterocycles. The molecule has 0 amide bonds. The van der Waals surface area contributed by atoms with Crippen molar-refractivity contribution in [2.24, 2.45) is 11.8 Å². The van der Waals surface area contributed by atoms with E-state index in [2.05, 4.69) is 0 Å². The van der Waals surface area contributed by atoms with Gasteiger partial charge in [0.05, 0.1) is 18.3 Å². The van der Waals surface area contributed by atoms with Gasteiger partial charge < -0.3 is 84.6 Å². The third kappa shape index (κ3) is 7.42. The lowest BCUT2D eigenvalue weighted by atomic mass is 9.81. The Kier molecular flexibility index (Phi) is 11.5. The molecule has 0 spiro atoms. The van der Waals surface area contributed by atoms with Gasteiger partial charge >= 0.3 is 0 Å². The lowest BCUT2D eigenvalue weighted by Gasteiger charge is -2.39. The predicted octanol–water partition coefficient (Wildman–Crippen LogP) is -2.94. The molecule has 2 heterocycles. The standard InChI is InChI=1S/C35H44O18/c1-12-23(39)29(45)32(48)35(49-12)53-34-28(44)22-18(38)8-17(51-21-7-15(11-37)25(41)31(47)27(21)43)9-19(22)52-33(34)13-2-4-16(5-3-13)50-20-6-14(10-36)24(40)30(46)26(20)42/h2-5,8-9,12,14-15,20-21,23-27,29-32,35-43,45-48H,6-7,10-11H2,1H3/t12-,14+,15-,20-,21-,23-,24-,25-,26-,27+,29+,30+,31+,32+,35+/m0/s1. The van der Waals surface area contributed by atoms with Crippen molar-refractivity contribution in [3.05, 3.63) is 46.6 Å². The van der Waals surface area contributed by atoms with E-state index in [1.54, 1.807) is 0 Å². The smallest absolute Gasteiger partial charge is 0.239 e. The molecule has 15 atom stereocenters. The van der Waals surface area contributed by atoms with Crippen LogP contribution in [0.2, 0.25) is 0 Å². The van der Waals surface area contributed by atoms with Crippen molar-refractivity contribution >= 4 is 11.0 Å². The fourth-order valence-corrected chi connectivity index (χ4v) is 7.04. The van der Waals surface area contributed by atoms with Gasteiger partial charge in [-0.05, 0) is 44.0 Å². The van der Waals surface area contributed by atoms with E-state index in [4.69, 9.17) is 23.4 Å². The van der Waals surface area contributed by atoms with Crippen molar-refractivity contribution in [2.75, 3.05) is 13.2 Å². The van der Waals surface area contributed by atoms with Gasteiger partial charge in [0, 0.05) is 42.7 Å². The molecule has 0 radical (unpaired) electrons. The Bertz CT molecular complexity index is 1780. The zero-order valence-corrected chi connectivity index (χ0v) is 28.3. The third-order valence-corrected chi connectivity index (χ3v) is 10.3. The van der Waals surface area contributed by atoms with Gasteiger partial charge in [-0.3, -0.25) is 4.79 Å². The molecule has 3 aliphatic rings. The Morgan fingerprint density at radius 2 is 1.19 bits per heavy atom. The monoisotopic (exact) mass is 752 g/mol. The summed E-state index contributed by atoms with van der Waals surface area (Å²) in [6, 6.07) is 7.96. The fraction of sp³-hybridized carbons (Fsp3) is 0.571. The largest absolute Gasteiger partial charge is 0.507 e. The molecule has 3 aromatic rings. The lowest BCUT2D eigenvalue weighted by Crippen LogP contribution is -2.58. The van der Waals surface area contributed by atoms with Crippen LogP contribution in [0.25, 0.3) is 22.3 Å². The second-order valence-electron chi connectivity index (χ2n) is 13.8. The molecule has 18 nitrogen and oxygen atoms in total. The number of phenolic OH excluding ortho intramolecular Hbond substituents is 1. The van der Waals surface area contributed by atoms with Gasteiger partial charge in [-0.25, -0.2) is 0 Å². The number of rotatable bonds is 9. The van der Waals surface area contributed by atoms with Crippen LogP contribution in [0.3, 0.4) is 0 Å². The fourth-order valence-electron chi connectivity index (χ4n) is 7.04. The first-order valence-electron chi connectivity index (χ1n) is 17.1. The molecule has 0 bridgehead atoms. The molecule has 18 heteroatoms. The third-order valence-electron chi connectivity index (χ3n) is 10.3. The number of aromatic hydroxyl groups is 1. The Morgan fingerprint density at radius 1 is 0.660 bits per heavy atom. The molecule has 2 aromatic carbocycles. The topological polar surface area (TPSA) is 310 Å². The molecule has 6 rings (SSSR count). The van der Waals surface area contributed by atoms with Crippen LogP contribution in [0, 0.1) is 11.8 Å². The van der Waals surface area contributed by atoms with E-state index in [0.29, 0.717) is 0 Å². The highest BCUT2D eigenvalue weighted by Crippen LogP contribution is 2.39. The van der Waals surface area contributed by atoms with E-state index >= 15 is 0 Å². The van der Waals surface area contributed by atoms with Gasteiger partial charge in [-0.2, -0.15) is 0 Å². The second kappa shape index (κ2) is 15.6. The van der Waals surface area contributed by atoms with Crippen LogP contribution in [0.15, 0.2) is 45.6 Å². The molecular formula is C35H44O18. The van der Waals surface area contributed by atoms with Gasteiger partial charge in [0.15, 0.2) is 5.76 Å². The molecule has 1 aromatic heterocycles. The van der Waals surface area contributed by atoms with Crippen LogP contribution >= 0.6 is 0 Å². The number of benzene rings is 2. The minimum Gasteiger partial charge on any atom is -0.507 e. The average molecular weight is 753 g/mol. The molecule has 1 saturated heterocycles. The Balaban J connectivity index is 1.37. The molecular weight excluding hydrogens is 708 g/mol. The number of ether oxygens (including phenoxy) is 4. The summed E-state index contributed by atoms with van der Waals surface area (Å²) < 4.78 is 29.2. The van der Waals surface area contributed by atoms with Crippen molar-refractivity contribution in [1.82, 2.24) is 0 Å². The first-order valence-corrected chi connectivity index (χ1v) is 17.1. The van der Waals surface area contributed by atoms with Gasteiger partial charge in [0.2, 0.25) is 17.5 Å². The highest BCUT2D eigenvalue weighted by molar-refractivity contribution is 5.88. The Labute approximate surface area is 300 Å². The summed E-state index contributed by atoms with van der Waals surface area (Å²) in [5.41, 5.74) is -1.05. The molecule has 3 fully saturated rings. The number of fused-ring (bicyclic) bond motifs is 1. The van der Waals surface area contributed by atoms with Crippen LogP contribution in [0.5, 0.6) is 23.0 Å². The van der Waals surface area contributed by atoms with Crippen LogP contribution in [0.4, 0.5) is 0 Å². The second-order valence-corrected chi connectivity index (χ2v) is 13.8. The normalized spacial score (nSPS) is 37.7. The summed E-state index contributed by atoms with van der Waals surface area (Å²) in [6.07, 6.45) is -19.1. The van der Waals surface area contributed by atoms with Gasteiger partial charge in [-0.15, -0.1) is 0 Å². The average Bonchev–Trinajstić information content (AvgIpc) is 3.14. The summed E-state index contributed by atoms with van der Waals surface area (Å²) in [6.45, 7) is 0.436. The predicted molar refractivity (Wildman–Crippen MR) is 178 cm³/mol. The van der Waals surface area contributed by atoms with Crippen molar-refractivity contribution in [1.29, 1.82) is 0 Å². The highest BCUT2D eigenvalue weighted by Gasteiger charge is 2.46. The maximum atomic E-state index is 14.1. The Morgan fingerprint density at radius 3 is 1.74 bits per heavy atom. The molecule has 292 valence electrons. The Hall–Kier alpha value is -3.63. The molecule has 53 heavy (non-hydrogen) atoms. The van der Waals surface area contributed by atoms with Gasteiger partial charge in [0.1, 0.15) is 83.2 Å². The van der Waals surface area contributed by atoms with Crippen LogP contribution in [-0.4, -0.2) is 154 Å². The zero-order chi connectivity index (χ0) is 38.5. The SMILES string of the molecule is C[C@@H]1O[C@H](Oc2c(-c3ccc(O[C@H]4C[C@H](CO)[C@H](O)[C@@H](O)[C@H]4O)cc3)oc3cc(O[C@H]4C[C@@H](CO)[C@H](O)[C@@H](O)[C@@H]4O)cc(O)c3c2=O)[C@H](O)[C@H](O)[C@H]1O. The number of aliphatic hydroxyl groups excluding tert-OH is 11. The number of phenols is 1.